The summed E-state index contributed by atoms with van der Waals surface area (Å²) in [4.78, 5) is 47.3. The zero-order valence-corrected chi connectivity index (χ0v) is 62.3. The molecule has 0 aliphatic heterocycles. The summed E-state index contributed by atoms with van der Waals surface area (Å²) < 4.78 is 8.54. The molecule has 0 bridgehead atoms. The van der Waals surface area contributed by atoms with E-state index in [1.807, 2.05) is 43.7 Å². The molecule has 4 fully saturated rings. The maximum Gasteiger partial charge on any atom is 0.224 e. The van der Waals surface area contributed by atoms with Crippen LogP contribution >= 0.6 is 0 Å². The van der Waals surface area contributed by atoms with Gasteiger partial charge in [-0.15, -0.1) is 0 Å². The summed E-state index contributed by atoms with van der Waals surface area (Å²) in [6, 6.07) is 13.7. The largest absolute Gasteiger partial charge is 0.392 e. The van der Waals surface area contributed by atoms with Gasteiger partial charge >= 0.3 is 0 Å². The third-order valence-corrected chi connectivity index (χ3v) is 21.6. The van der Waals surface area contributed by atoms with Gasteiger partial charge in [-0.2, -0.15) is 46.1 Å². The van der Waals surface area contributed by atoms with Gasteiger partial charge in [0, 0.05) is 104 Å². The molecule has 8 atom stereocenters. The standard InChI is InChI=1S/C19H27N7.C19H26N6O.C19H24N6O.C18H26N8.4H2/c1-14-4-5-16(10-19(14,2)3)24-17-15(11-20)12-23-18(25-17)22-7-9-26-8-6-21-13-26;1-13-4-5-16(8-19(13,2)3)24-17-15(9-20)11-22-18(25-17)21-7-6-14-10-23-26-12-14;1-12-5-4-7-21-14(12)6-8-22-18-23-11-13(10-20)17(25-18)24-15-9-16(26)19(15,2)3;1-13-4-5-15(8-18(13,2)3)24-16-14(9-19)10-22-17(25-16)21-6-7-26-12-20-11-23-26;;;;/h6,8,12-14,16H,4-5,7,9-10H2,1-3H3,(H2,22,23,24,25);10-13,16H,4-8H2,1-3H3,(H2,21,22,24,25);4-5,7,11,15-16,26H,6,8-9H2,1-3H3,(H2,22,23,24,25);10-13,15H,4-8H2,1-3H3,(H2,21,22,24,25);4*1H/t14-,16+;13-,16+;15-,16+;13-,15+;;;;/m0010..../s1. The lowest BCUT2D eigenvalue weighted by molar-refractivity contribution is -0.0511. The van der Waals surface area contributed by atoms with Crippen molar-refractivity contribution in [1.82, 2.24) is 74.3 Å². The molecule has 0 amide bonds. The molecule has 0 aromatic carbocycles. The predicted molar refractivity (Wildman–Crippen MR) is 409 cm³/mol. The molecule has 8 aromatic rings. The van der Waals surface area contributed by atoms with Crippen LogP contribution in [0.25, 0.3) is 0 Å². The molecule has 0 spiro atoms. The van der Waals surface area contributed by atoms with Crippen molar-refractivity contribution < 1.29 is 15.3 Å². The molecule has 104 heavy (non-hydrogen) atoms. The number of aliphatic hydroxyl groups excluding tert-OH is 1. The summed E-state index contributed by atoms with van der Waals surface area (Å²) >= 11 is 0. The molecule has 0 unspecified atom stereocenters. The molecule has 4 aliphatic rings. The van der Waals surface area contributed by atoms with E-state index in [0.717, 1.165) is 74.7 Å². The molecular weight excluding hydrogens is 1310 g/mol. The molecule has 8 aromatic heterocycles. The van der Waals surface area contributed by atoms with Crippen molar-refractivity contribution in [2.75, 3.05) is 68.7 Å². The van der Waals surface area contributed by atoms with Gasteiger partial charge in [-0.05, 0) is 123 Å². The molecule has 12 rings (SSSR count). The van der Waals surface area contributed by atoms with Gasteiger partial charge in [0.05, 0.1) is 50.0 Å². The van der Waals surface area contributed by atoms with Crippen LogP contribution in [0, 0.1) is 91.7 Å². The number of hydrogen-bond acceptors (Lipinski definition) is 27. The Kier molecular flexibility index (Phi) is 26.8. The zero-order valence-electron chi connectivity index (χ0n) is 62.3. The summed E-state index contributed by atoms with van der Waals surface area (Å²) in [5.74, 6) is 6.51. The molecule has 558 valence electrons. The number of aliphatic hydroxyl groups is 1. The Balaban J connectivity index is 0.000000255. The number of imidazole rings is 1. The first-order valence-electron chi connectivity index (χ1n) is 36.2. The minimum absolute atomic E-state index is 0. The lowest BCUT2D eigenvalue weighted by Gasteiger charge is -2.49. The Labute approximate surface area is 617 Å². The number of nitrogens with zero attached hydrogens (tertiary/aromatic N) is 19. The van der Waals surface area contributed by atoms with Crippen molar-refractivity contribution in [2.24, 2.45) is 39.4 Å². The summed E-state index contributed by atoms with van der Waals surface area (Å²) in [5, 5.41) is 81.6. The monoisotopic (exact) mass is 1420 g/mol. The van der Waals surface area contributed by atoms with Gasteiger partial charge in [0.2, 0.25) is 23.8 Å². The third-order valence-electron chi connectivity index (χ3n) is 21.6. The van der Waals surface area contributed by atoms with Gasteiger partial charge in [0.1, 0.15) is 88.7 Å². The number of aryl methyl sites for hydroxylation is 1. The molecule has 4 saturated carbocycles. The van der Waals surface area contributed by atoms with E-state index in [4.69, 9.17) is 4.52 Å². The first-order chi connectivity index (χ1) is 49.8. The molecular formula is C75H111N27O2. The minimum atomic E-state index is -0.341. The second-order valence-corrected chi connectivity index (χ2v) is 30.5. The molecule has 0 saturated heterocycles. The molecule has 29 heteroatoms. The van der Waals surface area contributed by atoms with Crippen LogP contribution in [0.15, 0.2) is 91.5 Å². The third kappa shape index (κ3) is 21.7. The Hall–Kier alpha value is -10.7. The second kappa shape index (κ2) is 36.0. The first-order valence-corrected chi connectivity index (χ1v) is 36.2. The molecule has 0 radical (unpaired) electrons. The van der Waals surface area contributed by atoms with E-state index in [2.05, 4.69) is 194 Å². The number of aromatic nitrogens is 15. The van der Waals surface area contributed by atoms with Crippen LogP contribution in [0.4, 0.5) is 47.1 Å². The second-order valence-electron chi connectivity index (χ2n) is 30.5. The van der Waals surface area contributed by atoms with Crippen molar-refractivity contribution in [3.05, 3.63) is 126 Å². The predicted octanol–water partition coefficient (Wildman–Crippen LogP) is 12.8. The number of hydrogen-bond donors (Lipinski definition) is 9. The fourth-order valence-electron chi connectivity index (χ4n) is 13.3. The van der Waals surface area contributed by atoms with Gasteiger partial charge in [0.25, 0.3) is 0 Å². The highest BCUT2D eigenvalue weighted by Gasteiger charge is 2.48. The molecule has 8 heterocycles. The van der Waals surface area contributed by atoms with Crippen LogP contribution in [-0.2, 0) is 25.9 Å². The van der Waals surface area contributed by atoms with Crippen LogP contribution in [0.2, 0.25) is 0 Å². The van der Waals surface area contributed by atoms with Crippen molar-refractivity contribution in [2.45, 2.75) is 203 Å². The number of rotatable bonds is 24. The van der Waals surface area contributed by atoms with Crippen LogP contribution in [0.3, 0.4) is 0 Å². The van der Waals surface area contributed by atoms with Crippen LogP contribution in [0.1, 0.15) is 185 Å². The van der Waals surface area contributed by atoms with E-state index in [-0.39, 0.29) is 34.1 Å². The van der Waals surface area contributed by atoms with Crippen molar-refractivity contribution in [3.63, 3.8) is 0 Å². The number of pyridine rings is 1. The average molecular weight is 1420 g/mol. The maximum atomic E-state index is 9.90. The Morgan fingerprint density at radius 1 is 0.548 bits per heavy atom. The zero-order chi connectivity index (χ0) is 74.4. The van der Waals surface area contributed by atoms with Gasteiger partial charge in [-0.25, -0.2) is 29.9 Å². The van der Waals surface area contributed by atoms with Crippen molar-refractivity contribution >= 4 is 47.1 Å². The number of nitriles is 4. The van der Waals surface area contributed by atoms with Gasteiger partial charge < -0.3 is 56.7 Å². The quantitative estimate of drug-likeness (QED) is 0.0271. The highest BCUT2D eigenvalue weighted by Crippen LogP contribution is 2.45. The fraction of sp³-hybridized carbons (Fsp3) is 0.560. The maximum absolute atomic E-state index is 9.90. The smallest absolute Gasteiger partial charge is 0.224 e. The van der Waals surface area contributed by atoms with E-state index in [1.54, 1.807) is 60.8 Å². The van der Waals surface area contributed by atoms with E-state index >= 15 is 0 Å². The van der Waals surface area contributed by atoms with Gasteiger partial charge in [-0.1, -0.05) is 87.4 Å². The lowest BCUT2D eigenvalue weighted by Crippen LogP contribution is -2.57. The highest BCUT2D eigenvalue weighted by molar-refractivity contribution is 5.57. The minimum Gasteiger partial charge on any atom is -0.392 e. The molecule has 4 aliphatic carbocycles. The van der Waals surface area contributed by atoms with Gasteiger partial charge in [-0.3, -0.25) is 9.67 Å². The first kappa shape index (κ1) is 77.5. The Morgan fingerprint density at radius 2 is 1.00 bits per heavy atom. The average Bonchev–Trinajstić information content (AvgIpc) is 0.831. The lowest BCUT2D eigenvalue weighted by atomic mass is 9.64. The number of nitrogens with one attached hydrogen (secondary N) is 8. The van der Waals surface area contributed by atoms with E-state index < -0.39 is 0 Å². The summed E-state index contributed by atoms with van der Waals surface area (Å²) in [6.45, 7) is 31.0. The fourth-order valence-corrected chi connectivity index (χ4v) is 13.3. The normalized spacial score (nSPS) is 21.5. The topological polar surface area (TPSA) is 402 Å². The Morgan fingerprint density at radius 3 is 1.38 bits per heavy atom. The highest BCUT2D eigenvalue weighted by atomic mass is 16.5. The van der Waals surface area contributed by atoms with Gasteiger partial charge in [0.15, 0.2) is 0 Å². The van der Waals surface area contributed by atoms with Crippen LogP contribution < -0.4 is 42.5 Å². The molecule has 9 N–H and O–H groups in total. The molecule has 29 nitrogen and oxygen atoms in total. The van der Waals surface area contributed by atoms with Crippen LogP contribution in [-0.4, -0.2) is 136 Å². The SMILES string of the molecule is C[C@H]1CC[C@@H](Nc2nc(NCCc3cnoc3)ncc2C#N)CC1(C)C.C[C@H]1CC[C@@H](Nc2nc(NCCn3ccnc3)ncc2C#N)CC1(C)C.C[C@H]1CC[C@@H](Nc2nc(NCCn3cncn3)ncc2C#N)CC1(C)C.Cc1cccnc1CCNc1ncc(C#N)c(N[C@@H]2C[C@H](O)C2(C)C)n1.[HH].[HH].[HH].[HH]. The van der Waals surface area contributed by atoms with Crippen molar-refractivity contribution in [1.29, 1.82) is 21.0 Å². The van der Waals surface area contributed by atoms with E-state index in [0.29, 0.717) is 150 Å². The number of anilines is 8. The Bertz CT molecular complexity index is 3900. The van der Waals surface area contributed by atoms with E-state index in [9.17, 15) is 26.2 Å². The summed E-state index contributed by atoms with van der Waals surface area (Å²) in [5.41, 5.74) is 5.67. The van der Waals surface area contributed by atoms with Crippen molar-refractivity contribution in [3.8, 4) is 24.3 Å². The summed E-state index contributed by atoms with van der Waals surface area (Å²) in [7, 11) is 0. The van der Waals surface area contributed by atoms with Crippen LogP contribution in [0.5, 0.6) is 0 Å². The summed E-state index contributed by atoms with van der Waals surface area (Å²) in [6.07, 6.45) is 31.9. The van der Waals surface area contributed by atoms with E-state index in [1.165, 1.54) is 31.8 Å².